The molecule has 3 nitrogen and oxygen atoms in total. The molecule has 2 aromatic rings. The summed E-state index contributed by atoms with van der Waals surface area (Å²) in [7, 11) is 0. The van der Waals surface area contributed by atoms with Gasteiger partial charge in [0.2, 0.25) is 5.91 Å². The Kier molecular flexibility index (Phi) is 5.44. The van der Waals surface area contributed by atoms with E-state index in [0.717, 1.165) is 5.56 Å². The second kappa shape index (κ2) is 7.31. The maximum atomic E-state index is 12.0. The van der Waals surface area contributed by atoms with Crippen molar-refractivity contribution in [2.45, 2.75) is 23.7 Å². The van der Waals surface area contributed by atoms with Gasteiger partial charge in [-0.2, -0.15) is 0 Å². The summed E-state index contributed by atoms with van der Waals surface area (Å²) in [5.74, 6) is -0.0272. The van der Waals surface area contributed by atoms with Gasteiger partial charge in [-0.25, -0.2) is 4.98 Å². The molecule has 0 spiro atoms. The van der Waals surface area contributed by atoms with Crippen LogP contribution >= 0.6 is 23.4 Å². The summed E-state index contributed by atoms with van der Waals surface area (Å²) in [6.45, 7) is 2.37. The lowest BCUT2D eigenvalue weighted by Gasteiger charge is -2.12. The van der Waals surface area contributed by atoms with Gasteiger partial charge in [-0.1, -0.05) is 53.7 Å². The maximum absolute atomic E-state index is 12.0. The van der Waals surface area contributed by atoms with Crippen LogP contribution in [0.1, 0.15) is 12.5 Å². The number of hydrogen-bond acceptors (Lipinski definition) is 3. The van der Waals surface area contributed by atoms with Crippen molar-refractivity contribution in [1.82, 2.24) is 10.3 Å². The Balaban J connectivity index is 1.88. The SMILES string of the molecule is CC(Sc1ncccc1Cl)C(=O)NCc1ccccc1. The average molecular weight is 307 g/mol. The number of rotatable bonds is 5. The van der Waals surface area contributed by atoms with E-state index in [-0.39, 0.29) is 11.2 Å². The summed E-state index contributed by atoms with van der Waals surface area (Å²) in [5.41, 5.74) is 1.08. The Morgan fingerprint density at radius 3 is 2.75 bits per heavy atom. The third-order valence-electron chi connectivity index (χ3n) is 2.69. The van der Waals surface area contributed by atoms with Gasteiger partial charge in [0.15, 0.2) is 0 Å². The highest BCUT2D eigenvalue weighted by Gasteiger charge is 2.16. The largest absolute Gasteiger partial charge is 0.351 e. The van der Waals surface area contributed by atoms with E-state index >= 15 is 0 Å². The summed E-state index contributed by atoms with van der Waals surface area (Å²) in [6.07, 6.45) is 1.67. The number of carbonyl (C=O) groups is 1. The van der Waals surface area contributed by atoms with Gasteiger partial charge < -0.3 is 5.32 Å². The molecular formula is C15H15ClN2OS. The number of carbonyl (C=O) groups excluding carboxylic acids is 1. The van der Waals surface area contributed by atoms with Crippen molar-refractivity contribution >= 4 is 29.3 Å². The molecule has 20 heavy (non-hydrogen) atoms. The van der Waals surface area contributed by atoms with Crippen molar-refractivity contribution in [1.29, 1.82) is 0 Å². The summed E-state index contributed by atoms with van der Waals surface area (Å²) in [5, 5.41) is 3.91. The number of halogens is 1. The molecule has 1 aromatic carbocycles. The normalized spacial score (nSPS) is 11.9. The summed E-state index contributed by atoms with van der Waals surface area (Å²) >= 11 is 7.39. The zero-order valence-corrected chi connectivity index (χ0v) is 12.6. The van der Waals surface area contributed by atoms with Gasteiger partial charge in [0.1, 0.15) is 5.03 Å². The monoisotopic (exact) mass is 306 g/mol. The van der Waals surface area contributed by atoms with Gasteiger partial charge in [0, 0.05) is 12.7 Å². The minimum atomic E-state index is -0.244. The number of nitrogens with zero attached hydrogens (tertiary/aromatic N) is 1. The van der Waals surface area contributed by atoms with Gasteiger partial charge in [-0.3, -0.25) is 4.79 Å². The summed E-state index contributed by atoms with van der Waals surface area (Å²) in [4.78, 5) is 16.2. The van der Waals surface area contributed by atoms with Gasteiger partial charge in [0.05, 0.1) is 10.3 Å². The van der Waals surface area contributed by atoms with E-state index in [0.29, 0.717) is 16.6 Å². The zero-order valence-electron chi connectivity index (χ0n) is 11.0. The molecule has 0 aliphatic rings. The van der Waals surface area contributed by atoms with Crippen molar-refractivity contribution in [3.05, 3.63) is 59.2 Å². The van der Waals surface area contributed by atoms with Gasteiger partial charge in [0.25, 0.3) is 0 Å². The molecule has 0 saturated heterocycles. The van der Waals surface area contributed by atoms with Crippen LogP contribution in [-0.2, 0) is 11.3 Å². The first-order chi connectivity index (χ1) is 9.66. The average Bonchev–Trinajstić information content (AvgIpc) is 2.48. The van der Waals surface area contributed by atoms with Gasteiger partial charge >= 0.3 is 0 Å². The van der Waals surface area contributed by atoms with Crippen LogP contribution in [-0.4, -0.2) is 16.1 Å². The molecule has 2 rings (SSSR count). The molecule has 0 aliphatic heterocycles. The number of amides is 1. The van der Waals surface area contributed by atoms with Crippen LogP contribution in [0.2, 0.25) is 5.02 Å². The fourth-order valence-corrected chi connectivity index (χ4v) is 2.69. The lowest BCUT2D eigenvalue weighted by atomic mass is 10.2. The lowest BCUT2D eigenvalue weighted by molar-refractivity contribution is -0.120. The predicted octanol–water partition coefficient (Wildman–Crippen LogP) is 3.53. The molecule has 5 heteroatoms. The van der Waals surface area contributed by atoms with Crippen molar-refractivity contribution in [2.24, 2.45) is 0 Å². The molecule has 0 saturated carbocycles. The van der Waals surface area contributed by atoms with E-state index in [4.69, 9.17) is 11.6 Å². The second-order valence-electron chi connectivity index (χ2n) is 4.25. The molecular weight excluding hydrogens is 292 g/mol. The Labute approximate surface area is 127 Å². The number of nitrogens with one attached hydrogen (secondary N) is 1. The number of thioether (sulfide) groups is 1. The van der Waals surface area contributed by atoms with Gasteiger partial charge in [-0.15, -0.1) is 0 Å². The van der Waals surface area contributed by atoms with Crippen LogP contribution in [0.4, 0.5) is 0 Å². The highest BCUT2D eigenvalue weighted by molar-refractivity contribution is 8.00. The van der Waals surface area contributed by atoms with E-state index < -0.39 is 0 Å². The van der Waals surface area contributed by atoms with Crippen LogP contribution < -0.4 is 5.32 Å². The Morgan fingerprint density at radius 1 is 1.30 bits per heavy atom. The van der Waals surface area contributed by atoms with E-state index in [1.54, 1.807) is 18.3 Å². The molecule has 1 atom stereocenters. The highest BCUT2D eigenvalue weighted by Crippen LogP contribution is 2.27. The van der Waals surface area contributed by atoms with Gasteiger partial charge in [-0.05, 0) is 24.6 Å². The Morgan fingerprint density at radius 2 is 2.05 bits per heavy atom. The van der Waals surface area contributed by atoms with Crippen molar-refractivity contribution in [2.75, 3.05) is 0 Å². The highest BCUT2D eigenvalue weighted by atomic mass is 35.5. The van der Waals surface area contributed by atoms with E-state index in [1.165, 1.54) is 11.8 Å². The van der Waals surface area contributed by atoms with Crippen molar-refractivity contribution in [3.63, 3.8) is 0 Å². The number of pyridine rings is 1. The molecule has 1 amide bonds. The minimum absolute atomic E-state index is 0.0272. The zero-order chi connectivity index (χ0) is 14.4. The molecule has 1 heterocycles. The van der Waals surface area contributed by atoms with Crippen LogP contribution in [0, 0.1) is 0 Å². The quantitative estimate of drug-likeness (QED) is 0.859. The molecule has 1 aromatic heterocycles. The number of aromatic nitrogens is 1. The molecule has 104 valence electrons. The predicted molar refractivity (Wildman–Crippen MR) is 82.9 cm³/mol. The first-order valence-corrected chi connectivity index (χ1v) is 7.51. The second-order valence-corrected chi connectivity index (χ2v) is 5.99. The lowest BCUT2D eigenvalue weighted by Crippen LogP contribution is -2.30. The summed E-state index contributed by atoms with van der Waals surface area (Å²) in [6, 6.07) is 13.4. The molecule has 0 bridgehead atoms. The third kappa shape index (κ3) is 4.25. The Hall–Kier alpha value is -1.52. The molecule has 0 aliphatic carbocycles. The maximum Gasteiger partial charge on any atom is 0.233 e. The van der Waals surface area contributed by atoms with Crippen molar-refractivity contribution < 1.29 is 4.79 Å². The molecule has 1 unspecified atom stereocenters. The smallest absolute Gasteiger partial charge is 0.233 e. The molecule has 1 N–H and O–H groups in total. The van der Waals surface area contributed by atoms with Crippen LogP contribution in [0.5, 0.6) is 0 Å². The van der Waals surface area contributed by atoms with E-state index in [9.17, 15) is 4.79 Å². The van der Waals surface area contributed by atoms with E-state index in [2.05, 4.69) is 10.3 Å². The van der Waals surface area contributed by atoms with Crippen molar-refractivity contribution in [3.8, 4) is 0 Å². The number of benzene rings is 1. The number of hydrogen-bond donors (Lipinski definition) is 1. The first kappa shape index (κ1) is 14.9. The van der Waals surface area contributed by atoms with Crippen LogP contribution in [0.15, 0.2) is 53.7 Å². The fraction of sp³-hybridized carbons (Fsp3) is 0.200. The Bertz CT molecular complexity index is 577. The topological polar surface area (TPSA) is 42.0 Å². The van der Waals surface area contributed by atoms with Crippen LogP contribution in [0.25, 0.3) is 0 Å². The molecule has 0 radical (unpaired) electrons. The van der Waals surface area contributed by atoms with Crippen LogP contribution in [0.3, 0.4) is 0 Å². The standard InChI is InChI=1S/C15H15ClN2OS/c1-11(20-15-13(16)8-5-9-17-15)14(19)18-10-12-6-3-2-4-7-12/h2-9,11H,10H2,1H3,(H,18,19). The minimum Gasteiger partial charge on any atom is -0.351 e. The first-order valence-electron chi connectivity index (χ1n) is 6.25. The van der Waals surface area contributed by atoms with E-state index in [1.807, 2.05) is 37.3 Å². The third-order valence-corrected chi connectivity index (χ3v) is 4.23. The summed E-state index contributed by atoms with van der Waals surface area (Å²) < 4.78 is 0. The fourth-order valence-electron chi connectivity index (χ4n) is 1.61. The molecule has 0 fully saturated rings.